The molecule has 30 nitrogen and oxygen atoms in total. The molecule has 1 saturated heterocycles. The Balaban J connectivity index is 0.000000263. The number of thioether (sulfide) groups is 2. The summed E-state index contributed by atoms with van der Waals surface area (Å²) >= 11 is 32.1. The van der Waals surface area contributed by atoms with Gasteiger partial charge in [0.25, 0.3) is 0 Å². The first kappa shape index (κ1) is 78.1. The molecule has 12 heterocycles. The number of thiazole rings is 1. The van der Waals surface area contributed by atoms with Crippen LogP contribution in [-0.4, -0.2) is 141 Å². The molecule has 39 heteroatoms. The van der Waals surface area contributed by atoms with Gasteiger partial charge in [-0.2, -0.15) is 25.2 Å². The number of imidazole rings is 2. The number of pyridine rings is 2. The average Bonchev–Trinajstić information content (AvgIpc) is 2.71. The Kier molecular flexibility index (Phi) is 39.7. The Morgan fingerprint density at radius 2 is 1.36 bits per heavy atom. The number of aliphatic hydroxyl groups is 2. The molecule has 0 spiro atoms. The fourth-order valence-corrected chi connectivity index (χ4v) is 8.91. The molecule has 1 fully saturated rings. The summed E-state index contributed by atoms with van der Waals surface area (Å²) in [6.45, 7) is 0.908. The number of hydrogen-bond donors (Lipinski definition) is 14. The van der Waals surface area contributed by atoms with Gasteiger partial charge in [0.05, 0.1) is 46.2 Å². The maximum atomic E-state index is 8.61. The summed E-state index contributed by atoms with van der Waals surface area (Å²) in [6, 6.07) is 29.1. The van der Waals surface area contributed by atoms with Gasteiger partial charge >= 0.3 is 0 Å². The number of aliphatic imine (C=N–C) groups is 2. The standard InChI is InChI=1S/C8H7NS.C7H10N2.C7H9NO2.C7H5NS2.C4H6N2S.C4H4N2S.C4H6N2.C3H6N6.C3H5NS2.C2H4N4.C2H5N3S.C2H3N3S/c10-8-5-6-3-1-2-4-7(6)9-8;1-9(2)7-3-5-8-6-4-7;9-4-6-2-1-3-7(5-10)8-6;9-7-8-5-3-1-2-4-6(5)10-7;1-6-3-2-5-4(6)7;7-4-5-2-1-3-6-4;1-6-3-2-5-4-6;4-1-7-2(5)9-3(6)8-1;5-3-4-1-2-6-3;3-2-4-1-5-6-2;3-2-5-4-1-6-2;6-2-3-1-4-5-2/h1-5,9-10H;3-6H,1-2H3;1-3,9-10H,4-5H2;1-4H,(H,8,9);2-3H,1H3,(H,5,7);1-3H,(H,5,6,7);2-4H,1H3;(H6,4,5,6,7,8,9);1-2H2,(H,4,5);1-2H,3H2;2H,1,3H2;1-2,6H. The first-order valence-corrected chi connectivity index (χ1v) is 31.8. The number of aryl methyl sites for hydroxylation is 2. The van der Waals surface area contributed by atoms with Gasteiger partial charge in [-0.3, -0.25) is 21.4 Å². The van der Waals surface area contributed by atoms with Gasteiger partial charge in [-0.15, -0.1) is 57.1 Å². The summed E-state index contributed by atoms with van der Waals surface area (Å²) < 4.78 is 8.06. The second kappa shape index (κ2) is 46.8. The molecule has 0 amide bonds. The molecule has 3 atom stereocenters. The Labute approximate surface area is 573 Å². The van der Waals surface area contributed by atoms with Gasteiger partial charge in [0.15, 0.2) is 19.0 Å². The Morgan fingerprint density at radius 3 is 1.71 bits per heavy atom. The zero-order valence-electron chi connectivity index (χ0n) is 49.9. The monoisotopic (exact) mass is 1420 g/mol. The number of nitrogens with two attached hydrogens (primary N) is 5. The van der Waals surface area contributed by atoms with Crippen LogP contribution in [0.3, 0.4) is 0 Å². The van der Waals surface area contributed by atoms with Crippen molar-refractivity contribution in [3.8, 4) is 0 Å². The van der Waals surface area contributed by atoms with Crippen LogP contribution in [0, 0.1) is 13.5 Å². The van der Waals surface area contributed by atoms with E-state index < -0.39 is 6.29 Å². The smallest absolute Gasteiger partial charge is 0.226 e. The number of nitrogens with one attached hydrogen (secondary N) is 5. The topological polar surface area (TPSA) is 448 Å². The van der Waals surface area contributed by atoms with Crippen LogP contribution < -0.4 is 38.9 Å². The fraction of sp³-hybridized carbons (Fsp3) is 0.226. The third kappa shape index (κ3) is 36.6. The molecule has 3 unspecified atom stereocenters. The number of anilines is 4. The van der Waals surface area contributed by atoms with Crippen molar-refractivity contribution in [2.45, 2.75) is 35.5 Å². The first-order chi connectivity index (χ1) is 44.2. The highest BCUT2D eigenvalue weighted by atomic mass is 32.2. The lowest BCUT2D eigenvalue weighted by molar-refractivity contribution is 0.265. The number of hydrogen-bond acceptors (Lipinski definition) is 32. The molecule has 488 valence electrons. The number of thiol groups is 2. The number of aromatic nitrogens is 13. The van der Waals surface area contributed by atoms with Crippen LogP contribution in [0.2, 0.25) is 0 Å². The summed E-state index contributed by atoms with van der Waals surface area (Å²) in [5.74, 6) is 2.01. The molecule has 4 aliphatic heterocycles. The molecule has 0 radical (unpaired) electrons. The van der Waals surface area contributed by atoms with E-state index >= 15 is 0 Å². The van der Waals surface area contributed by atoms with E-state index in [0.29, 0.717) is 16.2 Å². The fourth-order valence-electron chi connectivity index (χ4n) is 5.79. The van der Waals surface area contributed by atoms with Crippen molar-refractivity contribution >= 4 is 171 Å². The third-order valence-electron chi connectivity index (χ3n) is 9.92. The van der Waals surface area contributed by atoms with Crippen molar-refractivity contribution in [2.24, 2.45) is 66.2 Å². The number of nitrogen functional groups attached to an aromatic ring is 3. The Bertz CT molecular complexity index is 3750. The Hall–Kier alpha value is -8.19. The van der Waals surface area contributed by atoms with Gasteiger partial charge in [0.2, 0.25) is 29.6 Å². The van der Waals surface area contributed by atoms with Crippen LogP contribution in [0.15, 0.2) is 193 Å². The van der Waals surface area contributed by atoms with E-state index in [1.807, 2.05) is 115 Å². The number of fused-ring (bicyclic) bond motifs is 2. The molecule has 2 aromatic carbocycles. The van der Waals surface area contributed by atoms with Gasteiger partial charge in [-0.05, 0) is 91.3 Å². The molecule has 4 aliphatic rings. The second-order valence-electron chi connectivity index (χ2n) is 17.1. The number of para-hydroxylation sites is 2. The van der Waals surface area contributed by atoms with Crippen molar-refractivity contribution in [3.63, 3.8) is 0 Å². The minimum atomic E-state index is -0.426. The summed E-state index contributed by atoms with van der Waals surface area (Å²) in [6.07, 6.45) is 18.3. The number of thiocarbonyl (C=S) groups is 1. The third-order valence-corrected chi connectivity index (χ3v) is 14.3. The van der Waals surface area contributed by atoms with Crippen molar-refractivity contribution in [1.29, 1.82) is 0 Å². The zero-order chi connectivity index (χ0) is 67.3. The SMILES string of the molecule is CN(C)c1ccncc1.Cn1cc[nH]c1=S.Cn1ccnc1.NC1N=CN=N1.NC1N=NCS1.Nc1nc(N)nc(N)n1.OCc1cccc(CO)n1.S=C1NCCS1.S=c1[nH]c2ccccc2s1.S=c1nccc[nH]1.SC1N=CN=N1.Sc1cc2ccccc2[nH]1. The lowest BCUT2D eigenvalue weighted by Gasteiger charge is -2.10. The second-order valence-corrected chi connectivity index (χ2v) is 23.4. The minimum absolute atomic E-state index is 0.0417. The molecular formula is C53H70N28O2S9. The van der Waals surface area contributed by atoms with Crippen LogP contribution in [0.5, 0.6) is 0 Å². The molecule has 0 aliphatic carbocycles. The number of rotatable bonds is 3. The van der Waals surface area contributed by atoms with Crippen LogP contribution in [0.1, 0.15) is 11.4 Å². The summed E-state index contributed by atoms with van der Waals surface area (Å²) in [7, 11) is 7.86. The number of nitrogens with zero attached hydrogens (tertiary/aromatic N) is 18. The van der Waals surface area contributed by atoms with E-state index in [9.17, 15) is 0 Å². The van der Waals surface area contributed by atoms with E-state index in [0.717, 1.165) is 47.3 Å². The van der Waals surface area contributed by atoms with Gasteiger partial charge in [0, 0.05) is 107 Å². The predicted molar refractivity (Wildman–Crippen MR) is 389 cm³/mol. The highest BCUT2D eigenvalue weighted by Crippen LogP contribution is 2.18. The Morgan fingerprint density at radius 1 is 0.707 bits per heavy atom. The highest BCUT2D eigenvalue weighted by molar-refractivity contribution is 8.23. The van der Waals surface area contributed by atoms with Crippen LogP contribution in [0.25, 0.3) is 21.1 Å². The van der Waals surface area contributed by atoms with Gasteiger partial charge in [0.1, 0.15) is 22.9 Å². The average molecular weight is 1420 g/mol. The lowest BCUT2D eigenvalue weighted by Crippen LogP contribution is -2.09. The molecule has 92 heavy (non-hydrogen) atoms. The van der Waals surface area contributed by atoms with E-state index in [-0.39, 0.29) is 42.1 Å². The van der Waals surface area contributed by atoms with Crippen LogP contribution >= 0.6 is 109 Å². The van der Waals surface area contributed by atoms with Gasteiger partial charge in [-0.25, -0.2) is 20.0 Å². The van der Waals surface area contributed by atoms with E-state index in [1.165, 1.54) is 28.5 Å². The minimum Gasteiger partial charge on any atom is -0.390 e. The molecule has 0 saturated carbocycles. The quantitative estimate of drug-likeness (QED) is 0.0578. The number of aromatic amines is 4. The molecule has 14 rings (SSSR count). The molecule has 0 bridgehead atoms. The van der Waals surface area contributed by atoms with Gasteiger partial charge in [-0.1, -0.05) is 72.1 Å². The molecule has 8 aromatic heterocycles. The van der Waals surface area contributed by atoms with Crippen molar-refractivity contribution in [1.82, 2.24) is 69.3 Å². The molecule has 17 N–H and O–H groups in total. The zero-order valence-corrected chi connectivity index (χ0v) is 57.4. The van der Waals surface area contributed by atoms with Crippen LogP contribution in [-0.2, 0) is 27.3 Å². The van der Waals surface area contributed by atoms with E-state index in [4.69, 9.17) is 75.5 Å². The summed E-state index contributed by atoms with van der Waals surface area (Å²) in [4.78, 5) is 46.8. The predicted octanol–water partition coefficient (Wildman–Crippen LogP) is 9.30. The van der Waals surface area contributed by atoms with Crippen molar-refractivity contribution in [3.05, 3.63) is 172 Å². The summed E-state index contributed by atoms with van der Waals surface area (Å²) in [5.41, 5.74) is 30.1. The number of H-pyrrole nitrogens is 4. The number of aliphatic hydroxyl groups excluding tert-OH is 2. The first-order valence-electron chi connectivity index (χ1n) is 26.4. The van der Waals surface area contributed by atoms with Crippen molar-refractivity contribution in [2.75, 3.05) is 54.4 Å². The maximum Gasteiger partial charge on any atom is 0.226 e. The molecular weight excluding hydrogens is 1350 g/mol. The van der Waals surface area contributed by atoms with Crippen LogP contribution in [0.4, 0.5) is 23.5 Å². The van der Waals surface area contributed by atoms with E-state index in [1.54, 1.807) is 96.4 Å². The molecule has 10 aromatic rings. The number of benzene rings is 2. The number of azo groups is 3. The van der Waals surface area contributed by atoms with Crippen molar-refractivity contribution < 1.29 is 10.2 Å². The highest BCUT2D eigenvalue weighted by Gasteiger charge is 2.04. The summed E-state index contributed by atoms with van der Waals surface area (Å²) in [5, 5.41) is 43.3. The normalized spacial score (nSPS) is 14.3. The largest absolute Gasteiger partial charge is 0.390 e. The lowest BCUT2D eigenvalue weighted by atomic mass is 10.3. The maximum absolute atomic E-state index is 8.61. The van der Waals surface area contributed by atoms with Gasteiger partial charge < -0.3 is 66.7 Å². The van der Waals surface area contributed by atoms with E-state index in [2.05, 4.69) is 150 Å².